The van der Waals surface area contributed by atoms with Gasteiger partial charge in [0, 0.05) is 31.6 Å². The second-order valence-corrected chi connectivity index (χ2v) is 7.25. The van der Waals surface area contributed by atoms with Crippen LogP contribution in [0.2, 0.25) is 0 Å². The van der Waals surface area contributed by atoms with Crippen LogP contribution < -0.4 is 4.90 Å². The van der Waals surface area contributed by atoms with Crippen molar-refractivity contribution in [1.82, 2.24) is 15.1 Å². The third-order valence-electron chi connectivity index (χ3n) is 5.31. The second-order valence-electron chi connectivity index (χ2n) is 7.25. The summed E-state index contributed by atoms with van der Waals surface area (Å²) in [6.07, 6.45) is 2.50. The summed E-state index contributed by atoms with van der Waals surface area (Å²) in [6.45, 7) is 9.04. The first-order valence-corrected chi connectivity index (χ1v) is 9.36. The number of benzene rings is 1. The van der Waals surface area contributed by atoms with Gasteiger partial charge < -0.3 is 14.2 Å². The van der Waals surface area contributed by atoms with Gasteiger partial charge in [-0.25, -0.2) is 0 Å². The van der Waals surface area contributed by atoms with Gasteiger partial charge in [0.15, 0.2) is 5.82 Å². The Hall–Kier alpha value is -2.89. The molecule has 0 radical (unpaired) electrons. The molecule has 1 aromatic carbocycles. The van der Waals surface area contributed by atoms with Gasteiger partial charge in [0.25, 0.3) is 5.91 Å². The average Bonchev–Trinajstić information content (AvgIpc) is 2.89. The number of fused-ring (bicyclic) bond motifs is 1. The van der Waals surface area contributed by atoms with Gasteiger partial charge in [-0.3, -0.25) is 4.79 Å². The maximum atomic E-state index is 13.1. The van der Waals surface area contributed by atoms with Gasteiger partial charge >= 0.3 is 0 Å². The maximum absolute atomic E-state index is 13.1. The first kappa shape index (κ1) is 17.5. The molecule has 0 aliphatic carbocycles. The van der Waals surface area contributed by atoms with Crippen molar-refractivity contribution >= 4 is 22.7 Å². The Kier molecular flexibility index (Phi) is 4.56. The fourth-order valence-corrected chi connectivity index (χ4v) is 3.53. The van der Waals surface area contributed by atoms with Gasteiger partial charge in [-0.1, -0.05) is 0 Å². The SMILES string of the molecule is Cc1ccc(N2CCCN(C(=O)c3coc4cc(C)c(C)cc34)CC2)nn1. The zero-order valence-corrected chi connectivity index (χ0v) is 16.0. The molecular weight excluding hydrogens is 340 g/mol. The molecule has 140 valence electrons. The lowest BCUT2D eigenvalue weighted by molar-refractivity contribution is 0.0768. The number of amides is 1. The fraction of sp³-hybridized carbons (Fsp3) is 0.381. The summed E-state index contributed by atoms with van der Waals surface area (Å²) < 4.78 is 5.65. The van der Waals surface area contributed by atoms with E-state index in [0.717, 1.165) is 54.1 Å². The third-order valence-corrected chi connectivity index (χ3v) is 5.31. The van der Waals surface area contributed by atoms with Gasteiger partial charge in [0.1, 0.15) is 11.8 Å². The molecule has 0 atom stereocenters. The molecule has 1 amide bonds. The van der Waals surface area contributed by atoms with E-state index in [9.17, 15) is 4.79 Å². The fourth-order valence-electron chi connectivity index (χ4n) is 3.53. The molecule has 6 heteroatoms. The van der Waals surface area contributed by atoms with Crippen LogP contribution >= 0.6 is 0 Å². The number of hydrogen-bond donors (Lipinski definition) is 0. The van der Waals surface area contributed by atoms with Gasteiger partial charge in [-0.15, -0.1) is 5.10 Å². The lowest BCUT2D eigenvalue weighted by atomic mass is 10.0. The summed E-state index contributed by atoms with van der Waals surface area (Å²) in [7, 11) is 0. The molecule has 27 heavy (non-hydrogen) atoms. The highest BCUT2D eigenvalue weighted by atomic mass is 16.3. The summed E-state index contributed by atoms with van der Waals surface area (Å²) >= 11 is 0. The summed E-state index contributed by atoms with van der Waals surface area (Å²) in [4.78, 5) is 17.2. The van der Waals surface area contributed by atoms with Crippen molar-refractivity contribution in [3.8, 4) is 0 Å². The molecular formula is C21H24N4O2. The molecule has 4 rings (SSSR count). The van der Waals surface area contributed by atoms with E-state index in [2.05, 4.69) is 28.9 Å². The molecule has 0 unspecified atom stereocenters. The van der Waals surface area contributed by atoms with Crippen LogP contribution in [0.1, 0.15) is 33.6 Å². The number of carbonyl (C=O) groups excluding carboxylic acids is 1. The van der Waals surface area contributed by atoms with E-state index in [1.165, 1.54) is 5.56 Å². The van der Waals surface area contributed by atoms with Crippen LogP contribution in [-0.4, -0.2) is 47.2 Å². The number of anilines is 1. The summed E-state index contributed by atoms with van der Waals surface area (Å²) in [5, 5.41) is 9.32. The number of nitrogens with zero attached hydrogens (tertiary/aromatic N) is 4. The van der Waals surface area contributed by atoms with Crippen LogP contribution in [-0.2, 0) is 0 Å². The van der Waals surface area contributed by atoms with Crippen LogP contribution in [0.5, 0.6) is 0 Å². The first-order chi connectivity index (χ1) is 13.0. The quantitative estimate of drug-likeness (QED) is 0.696. The zero-order valence-electron chi connectivity index (χ0n) is 16.0. The molecule has 0 N–H and O–H groups in total. The van der Waals surface area contributed by atoms with E-state index >= 15 is 0 Å². The molecule has 6 nitrogen and oxygen atoms in total. The van der Waals surface area contributed by atoms with Crippen LogP contribution in [0, 0.1) is 20.8 Å². The van der Waals surface area contributed by atoms with Crippen molar-refractivity contribution in [3.05, 3.63) is 52.9 Å². The van der Waals surface area contributed by atoms with Gasteiger partial charge in [0.2, 0.25) is 0 Å². The smallest absolute Gasteiger partial charge is 0.257 e. The highest BCUT2D eigenvalue weighted by Gasteiger charge is 2.24. The number of hydrogen-bond acceptors (Lipinski definition) is 5. The molecule has 1 saturated heterocycles. The third kappa shape index (κ3) is 3.39. The molecule has 0 saturated carbocycles. The van der Waals surface area contributed by atoms with E-state index in [-0.39, 0.29) is 5.91 Å². The predicted molar refractivity (Wildman–Crippen MR) is 105 cm³/mol. The standard InChI is InChI=1S/C21H24N4O2/c1-14-11-17-18(13-27-19(17)12-15(14)2)21(26)25-8-4-7-24(9-10-25)20-6-5-16(3)22-23-20/h5-6,11-13H,4,7-10H2,1-3H3. The Morgan fingerprint density at radius 2 is 1.81 bits per heavy atom. The van der Waals surface area contributed by atoms with Crippen molar-refractivity contribution in [1.29, 1.82) is 0 Å². The predicted octanol–water partition coefficient (Wildman–Crippen LogP) is 3.50. The van der Waals surface area contributed by atoms with Crippen molar-refractivity contribution in [3.63, 3.8) is 0 Å². The van der Waals surface area contributed by atoms with Gasteiger partial charge in [0.05, 0.1) is 11.3 Å². The monoisotopic (exact) mass is 364 g/mol. The normalized spacial score (nSPS) is 15.2. The van der Waals surface area contributed by atoms with Crippen LogP contribution in [0.15, 0.2) is 34.9 Å². The van der Waals surface area contributed by atoms with E-state index in [4.69, 9.17) is 4.42 Å². The van der Waals surface area contributed by atoms with Crippen molar-refractivity contribution in [2.24, 2.45) is 0 Å². The second kappa shape index (κ2) is 7.02. The Bertz CT molecular complexity index is 978. The molecule has 1 fully saturated rings. The number of aromatic nitrogens is 2. The minimum atomic E-state index is 0.0360. The molecule has 2 aromatic heterocycles. The Labute approximate surface area is 158 Å². The minimum absolute atomic E-state index is 0.0360. The van der Waals surface area contributed by atoms with E-state index in [0.29, 0.717) is 12.1 Å². The van der Waals surface area contributed by atoms with Crippen LogP contribution in [0.4, 0.5) is 5.82 Å². The largest absolute Gasteiger partial charge is 0.463 e. The van der Waals surface area contributed by atoms with Crippen LogP contribution in [0.25, 0.3) is 11.0 Å². The summed E-state index contributed by atoms with van der Waals surface area (Å²) in [5.41, 5.74) is 4.66. The van der Waals surface area contributed by atoms with Gasteiger partial charge in [-0.05, 0) is 62.6 Å². The molecule has 1 aliphatic rings. The Balaban J connectivity index is 1.53. The van der Waals surface area contributed by atoms with Crippen molar-refractivity contribution in [2.45, 2.75) is 27.2 Å². The number of carbonyl (C=O) groups is 1. The Morgan fingerprint density at radius 3 is 2.59 bits per heavy atom. The molecule has 1 aliphatic heterocycles. The molecule has 3 heterocycles. The maximum Gasteiger partial charge on any atom is 0.257 e. The molecule has 0 spiro atoms. The minimum Gasteiger partial charge on any atom is -0.463 e. The molecule has 0 bridgehead atoms. The van der Waals surface area contributed by atoms with Crippen molar-refractivity contribution in [2.75, 3.05) is 31.1 Å². The number of rotatable bonds is 2. The number of furan rings is 1. The molecule has 3 aromatic rings. The summed E-state index contributed by atoms with van der Waals surface area (Å²) in [5.74, 6) is 0.906. The van der Waals surface area contributed by atoms with E-state index in [1.807, 2.05) is 36.1 Å². The highest BCUT2D eigenvalue weighted by molar-refractivity contribution is 6.06. The van der Waals surface area contributed by atoms with Crippen molar-refractivity contribution < 1.29 is 9.21 Å². The highest BCUT2D eigenvalue weighted by Crippen LogP contribution is 2.26. The number of aryl methyl sites for hydroxylation is 3. The lowest BCUT2D eigenvalue weighted by Gasteiger charge is -2.22. The van der Waals surface area contributed by atoms with Crippen LogP contribution in [0.3, 0.4) is 0 Å². The van der Waals surface area contributed by atoms with E-state index in [1.54, 1.807) is 6.26 Å². The van der Waals surface area contributed by atoms with Gasteiger partial charge in [-0.2, -0.15) is 5.10 Å². The Morgan fingerprint density at radius 1 is 1.00 bits per heavy atom. The van der Waals surface area contributed by atoms with E-state index < -0.39 is 0 Å². The lowest BCUT2D eigenvalue weighted by Crippen LogP contribution is -2.35. The topological polar surface area (TPSA) is 62.5 Å². The zero-order chi connectivity index (χ0) is 19.0. The summed E-state index contributed by atoms with van der Waals surface area (Å²) in [6, 6.07) is 8.02. The first-order valence-electron chi connectivity index (χ1n) is 9.36. The average molecular weight is 364 g/mol.